The van der Waals surface area contributed by atoms with E-state index < -0.39 is 0 Å². The summed E-state index contributed by atoms with van der Waals surface area (Å²) in [5, 5.41) is 0. The molecule has 0 aliphatic carbocycles. The van der Waals surface area contributed by atoms with Gasteiger partial charge in [-0.3, -0.25) is 0 Å². The van der Waals surface area contributed by atoms with Crippen molar-refractivity contribution >= 4 is 0 Å². The first-order chi connectivity index (χ1) is 9.91. The second-order valence-corrected chi connectivity index (χ2v) is 6.90. The Morgan fingerprint density at radius 2 is 1.33 bits per heavy atom. The lowest BCUT2D eigenvalue weighted by Crippen LogP contribution is -2.01. The number of benzene rings is 2. The van der Waals surface area contributed by atoms with Crippen molar-refractivity contribution in [1.82, 2.24) is 0 Å². The van der Waals surface area contributed by atoms with E-state index in [4.69, 9.17) is 0 Å². The number of rotatable bonds is 4. The predicted molar refractivity (Wildman–Crippen MR) is 94.1 cm³/mol. The van der Waals surface area contributed by atoms with Crippen LogP contribution < -0.4 is 0 Å². The number of hydrogen-bond donors (Lipinski definition) is 0. The van der Waals surface area contributed by atoms with E-state index in [-0.39, 0.29) is 0 Å². The molecule has 0 nitrogen and oxygen atoms in total. The molecule has 0 fully saturated rings. The molecule has 0 saturated carbocycles. The molecule has 2 aromatic carbocycles. The van der Waals surface area contributed by atoms with Crippen LogP contribution in [0.15, 0.2) is 42.5 Å². The molecule has 0 aliphatic heterocycles. The van der Waals surface area contributed by atoms with Crippen molar-refractivity contribution in [3.63, 3.8) is 0 Å². The fourth-order valence-corrected chi connectivity index (χ4v) is 3.05. The molecule has 0 N–H and O–H groups in total. The second kappa shape index (κ2) is 6.47. The Morgan fingerprint density at radius 3 is 1.90 bits per heavy atom. The van der Waals surface area contributed by atoms with Gasteiger partial charge >= 0.3 is 0 Å². The lowest BCUT2D eigenvalue weighted by atomic mass is 9.84. The van der Waals surface area contributed by atoms with Crippen molar-refractivity contribution in [2.45, 2.75) is 59.3 Å². The summed E-state index contributed by atoms with van der Waals surface area (Å²) in [6.07, 6.45) is 0. The van der Waals surface area contributed by atoms with Gasteiger partial charge in [0.25, 0.3) is 0 Å². The van der Waals surface area contributed by atoms with Crippen LogP contribution in [0.3, 0.4) is 0 Å². The maximum absolute atomic E-state index is 2.36. The fourth-order valence-electron chi connectivity index (χ4n) is 3.05. The highest BCUT2D eigenvalue weighted by Gasteiger charge is 2.15. The first-order valence-corrected chi connectivity index (χ1v) is 8.15. The SMILES string of the molecule is CC(C)c1cccc(-c2cccc(C(C)C)c2C(C)C)c1. The summed E-state index contributed by atoms with van der Waals surface area (Å²) in [7, 11) is 0. The van der Waals surface area contributed by atoms with Gasteiger partial charge in [0.05, 0.1) is 0 Å². The van der Waals surface area contributed by atoms with Crippen molar-refractivity contribution in [2.24, 2.45) is 0 Å². The minimum atomic E-state index is 0.543. The lowest BCUT2D eigenvalue weighted by molar-refractivity contribution is 0.792. The summed E-state index contributed by atoms with van der Waals surface area (Å²) >= 11 is 0. The van der Waals surface area contributed by atoms with Gasteiger partial charge in [0, 0.05) is 0 Å². The zero-order chi connectivity index (χ0) is 15.6. The first kappa shape index (κ1) is 15.8. The normalized spacial score (nSPS) is 11.7. The predicted octanol–water partition coefficient (Wildman–Crippen LogP) is 6.72. The van der Waals surface area contributed by atoms with Crippen molar-refractivity contribution in [1.29, 1.82) is 0 Å². The van der Waals surface area contributed by atoms with Gasteiger partial charge < -0.3 is 0 Å². The minimum absolute atomic E-state index is 0.543. The third-order valence-corrected chi connectivity index (χ3v) is 4.20. The van der Waals surface area contributed by atoms with Crippen molar-refractivity contribution < 1.29 is 0 Å². The van der Waals surface area contributed by atoms with Gasteiger partial charge in [-0.25, -0.2) is 0 Å². The van der Waals surface area contributed by atoms with Gasteiger partial charge in [-0.2, -0.15) is 0 Å². The summed E-state index contributed by atoms with van der Waals surface area (Å²) in [6.45, 7) is 13.7. The van der Waals surface area contributed by atoms with E-state index in [0.717, 1.165) is 0 Å². The van der Waals surface area contributed by atoms with Crippen LogP contribution in [0.2, 0.25) is 0 Å². The van der Waals surface area contributed by atoms with Crippen molar-refractivity contribution in [3.8, 4) is 11.1 Å². The minimum Gasteiger partial charge on any atom is -0.0614 e. The molecule has 0 amide bonds. The molecule has 112 valence electrons. The zero-order valence-corrected chi connectivity index (χ0v) is 14.3. The van der Waals surface area contributed by atoms with E-state index in [2.05, 4.69) is 84.0 Å². The van der Waals surface area contributed by atoms with Gasteiger partial charge in [0.15, 0.2) is 0 Å². The molecule has 0 aromatic heterocycles. The molecule has 0 spiro atoms. The molecule has 2 rings (SSSR count). The van der Waals surface area contributed by atoms with E-state index in [1.165, 1.54) is 27.8 Å². The summed E-state index contributed by atoms with van der Waals surface area (Å²) in [4.78, 5) is 0. The van der Waals surface area contributed by atoms with Gasteiger partial charge in [-0.1, -0.05) is 84.0 Å². The van der Waals surface area contributed by atoms with Crippen molar-refractivity contribution in [3.05, 3.63) is 59.2 Å². The molecule has 21 heavy (non-hydrogen) atoms. The maximum atomic E-state index is 2.36. The Bertz CT molecular complexity index is 603. The maximum Gasteiger partial charge on any atom is -0.0146 e. The molecule has 0 atom stereocenters. The van der Waals surface area contributed by atoms with E-state index in [1.54, 1.807) is 0 Å². The Balaban J connectivity index is 2.63. The Kier molecular flexibility index (Phi) is 4.88. The third kappa shape index (κ3) is 3.37. The first-order valence-electron chi connectivity index (χ1n) is 8.15. The van der Waals surface area contributed by atoms with E-state index in [9.17, 15) is 0 Å². The summed E-state index contributed by atoms with van der Waals surface area (Å²) in [6, 6.07) is 15.8. The lowest BCUT2D eigenvalue weighted by Gasteiger charge is -2.21. The highest BCUT2D eigenvalue weighted by molar-refractivity contribution is 5.70. The van der Waals surface area contributed by atoms with Crippen LogP contribution >= 0.6 is 0 Å². The molecule has 0 unspecified atom stereocenters. The summed E-state index contributed by atoms with van der Waals surface area (Å²) in [5.74, 6) is 1.68. The Morgan fingerprint density at radius 1 is 0.667 bits per heavy atom. The molecule has 0 radical (unpaired) electrons. The average Bonchev–Trinajstić information content (AvgIpc) is 2.46. The summed E-state index contributed by atoms with van der Waals surface area (Å²) < 4.78 is 0. The van der Waals surface area contributed by atoms with Crippen LogP contribution in [0.1, 0.15) is 76.0 Å². The van der Waals surface area contributed by atoms with Gasteiger partial charge in [-0.05, 0) is 45.6 Å². The summed E-state index contributed by atoms with van der Waals surface area (Å²) in [5.41, 5.74) is 7.16. The molecule has 0 aliphatic rings. The van der Waals surface area contributed by atoms with Crippen LogP contribution in [0, 0.1) is 0 Å². The van der Waals surface area contributed by atoms with Crippen LogP contribution in [0.25, 0.3) is 11.1 Å². The third-order valence-electron chi connectivity index (χ3n) is 4.20. The van der Waals surface area contributed by atoms with Gasteiger partial charge in [-0.15, -0.1) is 0 Å². The van der Waals surface area contributed by atoms with Gasteiger partial charge in [0.2, 0.25) is 0 Å². The molecule has 0 bridgehead atoms. The molecule has 0 heterocycles. The smallest absolute Gasteiger partial charge is 0.0146 e. The molecular formula is C21H28. The van der Waals surface area contributed by atoms with Crippen LogP contribution in [-0.4, -0.2) is 0 Å². The van der Waals surface area contributed by atoms with Gasteiger partial charge in [0.1, 0.15) is 0 Å². The largest absolute Gasteiger partial charge is 0.0614 e. The topological polar surface area (TPSA) is 0 Å². The van der Waals surface area contributed by atoms with E-state index >= 15 is 0 Å². The Labute approximate surface area is 130 Å². The van der Waals surface area contributed by atoms with Crippen molar-refractivity contribution in [2.75, 3.05) is 0 Å². The van der Waals surface area contributed by atoms with Crippen LogP contribution in [0.4, 0.5) is 0 Å². The van der Waals surface area contributed by atoms with Crippen LogP contribution in [-0.2, 0) is 0 Å². The fraction of sp³-hybridized carbons (Fsp3) is 0.429. The van der Waals surface area contributed by atoms with Crippen LogP contribution in [0.5, 0.6) is 0 Å². The molecule has 2 aromatic rings. The Hall–Kier alpha value is -1.56. The highest BCUT2D eigenvalue weighted by atomic mass is 14.2. The molecular weight excluding hydrogens is 252 g/mol. The van der Waals surface area contributed by atoms with E-state index in [1.807, 2.05) is 0 Å². The monoisotopic (exact) mass is 280 g/mol. The molecule has 0 saturated heterocycles. The zero-order valence-electron chi connectivity index (χ0n) is 14.3. The average molecular weight is 280 g/mol. The standard InChI is InChI=1S/C21H28/c1-14(2)17-9-7-10-18(13-17)20-12-8-11-19(15(3)4)21(20)16(5)6/h7-16H,1-6H3. The second-order valence-electron chi connectivity index (χ2n) is 6.90. The molecule has 0 heteroatoms. The quantitative estimate of drug-likeness (QED) is 0.583. The van der Waals surface area contributed by atoms with E-state index in [0.29, 0.717) is 17.8 Å². The highest BCUT2D eigenvalue weighted by Crippen LogP contribution is 2.36. The number of hydrogen-bond acceptors (Lipinski definition) is 0.